The molecule has 0 saturated heterocycles. The van der Waals surface area contributed by atoms with E-state index in [-0.39, 0.29) is 5.82 Å². The molecule has 0 atom stereocenters. The second-order valence-corrected chi connectivity index (χ2v) is 3.14. The highest BCUT2D eigenvalue weighted by molar-refractivity contribution is 6.31. The minimum absolute atomic E-state index is 0.220. The quantitative estimate of drug-likeness (QED) is 0.756. The fourth-order valence-corrected chi connectivity index (χ4v) is 1.22. The number of nitrogens with two attached hydrogens (primary N) is 1. The third-order valence-corrected chi connectivity index (χ3v) is 2.15. The maximum absolute atomic E-state index is 13.1. The van der Waals surface area contributed by atoms with E-state index in [0.717, 1.165) is 5.56 Å². The van der Waals surface area contributed by atoms with Crippen molar-refractivity contribution >= 4 is 11.6 Å². The zero-order chi connectivity index (χ0) is 9.14. The third kappa shape index (κ3) is 1.96. The van der Waals surface area contributed by atoms with Crippen LogP contribution in [0.15, 0.2) is 12.1 Å². The lowest BCUT2D eigenvalue weighted by Gasteiger charge is -2.04. The number of hydrogen-bond acceptors (Lipinski definition) is 1. The van der Waals surface area contributed by atoms with Gasteiger partial charge in [0.2, 0.25) is 0 Å². The van der Waals surface area contributed by atoms with Crippen molar-refractivity contribution in [3.8, 4) is 0 Å². The van der Waals surface area contributed by atoms with Gasteiger partial charge in [-0.05, 0) is 43.1 Å². The molecule has 0 aromatic heterocycles. The normalized spacial score (nSPS) is 10.3. The van der Waals surface area contributed by atoms with E-state index in [4.69, 9.17) is 17.3 Å². The highest BCUT2D eigenvalue weighted by atomic mass is 35.5. The van der Waals surface area contributed by atoms with Crippen molar-refractivity contribution in [1.82, 2.24) is 0 Å². The van der Waals surface area contributed by atoms with Gasteiger partial charge in [0.05, 0.1) is 0 Å². The van der Waals surface area contributed by atoms with Gasteiger partial charge >= 0.3 is 0 Å². The molecule has 0 radical (unpaired) electrons. The molecule has 1 aromatic carbocycles. The van der Waals surface area contributed by atoms with Crippen molar-refractivity contribution in [2.45, 2.75) is 13.3 Å². The Morgan fingerprint density at radius 3 is 2.75 bits per heavy atom. The smallest absolute Gasteiger partial charge is 0.126 e. The van der Waals surface area contributed by atoms with Gasteiger partial charge in [-0.2, -0.15) is 0 Å². The lowest BCUT2D eigenvalue weighted by Crippen LogP contribution is -2.04. The molecule has 1 rings (SSSR count). The largest absolute Gasteiger partial charge is 0.330 e. The fraction of sp³-hybridized carbons (Fsp3) is 0.333. The van der Waals surface area contributed by atoms with E-state index in [0.29, 0.717) is 23.6 Å². The second-order valence-electron chi connectivity index (χ2n) is 2.73. The van der Waals surface area contributed by atoms with Crippen LogP contribution < -0.4 is 5.73 Å². The fourth-order valence-electron chi connectivity index (χ4n) is 1.03. The van der Waals surface area contributed by atoms with Crippen LogP contribution in [0.3, 0.4) is 0 Å². The molecule has 0 aliphatic rings. The van der Waals surface area contributed by atoms with E-state index in [9.17, 15) is 4.39 Å². The SMILES string of the molecule is Cc1cc(F)c(CCN)cc1Cl. The first kappa shape index (κ1) is 9.49. The summed E-state index contributed by atoms with van der Waals surface area (Å²) in [6.45, 7) is 2.22. The van der Waals surface area contributed by atoms with Gasteiger partial charge in [0.25, 0.3) is 0 Å². The van der Waals surface area contributed by atoms with Gasteiger partial charge in [0.15, 0.2) is 0 Å². The molecule has 0 fully saturated rings. The summed E-state index contributed by atoms with van der Waals surface area (Å²) >= 11 is 5.81. The third-order valence-electron chi connectivity index (χ3n) is 1.74. The number of aryl methyl sites for hydroxylation is 1. The van der Waals surface area contributed by atoms with E-state index < -0.39 is 0 Å². The number of rotatable bonds is 2. The molecule has 1 nitrogen and oxygen atoms in total. The van der Waals surface area contributed by atoms with E-state index in [2.05, 4.69) is 0 Å². The van der Waals surface area contributed by atoms with E-state index in [1.807, 2.05) is 0 Å². The summed E-state index contributed by atoms with van der Waals surface area (Å²) in [5.41, 5.74) is 6.66. The van der Waals surface area contributed by atoms with Gasteiger partial charge in [-0.3, -0.25) is 0 Å². The van der Waals surface area contributed by atoms with E-state index in [1.54, 1.807) is 13.0 Å². The van der Waals surface area contributed by atoms with Crippen molar-refractivity contribution in [3.63, 3.8) is 0 Å². The Hall–Kier alpha value is -0.600. The molecule has 0 bridgehead atoms. The Morgan fingerprint density at radius 2 is 2.17 bits per heavy atom. The summed E-state index contributed by atoms with van der Waals surface area (Å²) in [7, 11) is 0. The summed E-state index contributed by atoms with van der Waals surface area (Å²) in [5, 5.41) is 0.597. The van der Waals surface area contributed by atoms with Gasteiger partial charge in [-0.15, -0.1) is 0 Å². The van der Waals surface area contributed by atoms with Crippen LogP contribution in [0.1, 0.15) is 11.1 Å². The molecule has 0 saturated carbocycles. The van der Waals surface area contributed by atoms with Crippen LogP contribution in [0.2, 0.25) is 5.02 Å². The Bertz CT molecular complexity index is 286. The standard InChI is InChI=1S/C9H11ClFN/c1-6-4-9(11)7(2-3-12)5-8(6)10/h4-5H,2-3,12H2,1H3. The van der Waals surface area contributed by atoms with Crippen molar-refractivity contribution < 1.29 is 4.39 Å². The minimum Gasteiger partial charge on any atom is -0.330 e. The van der Waals surface area contributed by atoms with E-state index in [1.165, 1.54) is 6.07 Å². The van der Waals surface area contributed by atoms with Gasteiger partial charge in [-0.25, -0.2) is 4.39 Å². The van der Waals surface area contributed by atoms with Crippen LogP contribution in [0, 0.1) is 12.7 Å². The summed E-state index contributed by atoms with van der Waals surface area (Å²) in [6.07, 6.45) is 0.534. The molecular weight excluding hydrogens is 177 g/mol. The molecule has 66 valence electrons. The first-order chi connectivity index (χ1) is 5.65. The highest BCUT2D eigenvalue weighted by Gasteiger charge is 2.04. The van der Waals surface area contributed by atoms with Crippen molar-refractivity contribution in [1.29, 1.82) is 0 Å². The molecule has 0 aliphatic carbocycles. The van der Waals surface area contributed by atoms with Crippen molar-refractivity contribution in [2.75, 3.05) is 6.54 Å². The summed E-state index contributed by atoms with van der Waals surface area (Å²) in [6, 6.07) is 3.08. The number of hydrogen-bond donors (Lipinski definition) is 1. The zero-order valence-corrected chi connectivity index (χ0v) is 7.66. The molecular formula is C9H11ClFN. The predicted octanol–water partition coefficient (Wildman–Crippen LogP) is 2.29. The molecule has 0 heterocycles. The van der Waals surface area contributed by atoms with Gasteiger partial charge in [0, 0.05) is 5.02 Å². The van der Waals surface area contributed by atoms with Crippen LogP contribution in [0.25, 0.3) is 0 Å². The maximum Gasteiger partial charge on any atom is 0.126 e. The average Bonchev–Trinajstić information content (AvgIpc) is 2.01. The number of halogens is 2. The molecule has 1 aromatic rings. The lowest BCUT2D eigenvalue weighted by atomic mass is 10.1. The first-order valence-electron chi connectivity index (χ1n) is 3.79. The minimum atomic E-state index is -0.220. The maximum atomic E-state index is 13.1. The predicted molar refractivity (Wildman–Crippen MR) is 48.9 cm³/mol. The van der Waals surface area contributed by atoms with Crippen LogP contribution in [-0.4, -0.2) is 6.54 Å². The number of benzene rings is 1. The molecule has 2 N–H and O–H groups in total. The topological polar surface area (TPSA) is 26.0 Å². The van der Waals surface area contributed by atoms with Crippen molar-refractivity contribution in [2.24, 2.45) is 5.73 Å². The molecule has 0 aliphatic heterocycles. The lowest BCUT2D eigenvalue weighted by molar-refractivity contribution is 0.608. The average molecular weight is 188 g/mol. The molecule has 3 heteroatoms. The summed E-state index contributed by atoms with van der Waals surface area (Å²) in [5.74, 6) is -0.220. The zero-order valence-electron chi connectivity index (χ0n) is 6.90. The van der Waals surface area contributed by atoms with Crippen LogP contribution >= 0.6 is 11.6 Å². The monoisotopic (exact) mass is 187 g/mol. The van der Waals surface area contributed by atoms with Gasteiger partial charge in [-0.1, -0.05) is 11.6 Å². The summed E-state index contributed by atoms with van der Waals surface area (Å²) in [4.78, 5) is 0. The Labute approximate surface area is 76.3 Å². The Morgan fingerprint density at radius 1 is 1.50 bits per heavy atom. The van der Waals surface area contributed by atoms with E-state index >= 15 is 0 Å². The van der Waals surface area contributed by atoms with Crippen LogP contribution in [0.5, 0.6) is 0 Å². The molecule has 12 heavy (non-hydrogen) atoms. The summed E-state index contributed by atoms with van der Waals surface area (Å²) < 4.78 is 13.1. The molecule has 0 amide bonds. The van der Waals surface area contributed by atoms with Gasteiger partial charge in [0.1, 0.15) is 5.82 Å². The van der Waals surface area contributed by atoms with Gasteiger partial charge < -0.3 is 5.73 Å². The molecule has 0 unspecified atom stereocenters. The first-order valence-corrected chi connectivity index (χ1v) is 4.17. The van der Waals surface area contributed by atoms with Crippen LogP contribution in [0.4, 0.5) is 4.39 Å². The Balaban J connectivity index is 3.05. The second kappa shape index (κ2) is 3.87. The van der Waals surface area contributed by atoms with Crippen LogP contribution in [-0.2, 0) is 6.42 Å². The highest BCUT2D eigenvalue weighted by Crippen LogP contribution is 2.19. The Kier molecular flexibility index (Phi) is 3.06. The molecule has 0 spiro atoms. The van der Waals surface area contributed by atoms with Crippen molar-refractivity contribution in [3.05, 3.63) is 34.1 Å².